The number of methoxy groups -OCH3 is 1. The zero-order valence-corrected chi connectivity index (χ0v) is 20.7. The lowest BCUT2D eigenvalue weighted by Gasteiger charge is -2.37. The first-order chi connectivity index (χ1) is 17.3. The van der Waals surface area contributed by atoms with Crippen molar-refractivity contribution < 1.29 is 29.2 Å². The van der Waals surface area contributed by atoms with Gasteiger partial charge in [0.15, 0.2) is 5.79 Å². The van der Waals surface area contributed by atoms with E-state index in [0.29, 0.717) is 0 Å². The minimum atomic E-state index is -1.24. The third-order valence-corrected chi connectivity index (χ3v) is 6.35. The molecule has 1 fully saturated rings. The first-order valence-corrected chi connectivity index (χ1v) is 11.9. The fourth-order valence-electron chi connectivity index (χ4n) is 4.68. The van der Waals surface area contributed by atoms with Gasteiger partial charge in [0, 0.05) is 0 Å². The molecule has 1 saturated heterocycles. The number of rotatable bonds is 9. The second kappa shape index (κ2) is 10.8. The second-order valence-corrected chi connectivity index (χ2v) is 9.20. The van der Waals surface area contributed by atoms with Gasteiger partial charge in [-0.3, -0.25) is 0 Å². The van der Waals surface area contributed by atoms with Crippen LogP contribution in [0.15, 0.2) is 84.9 Å². The predicted molar refractivity (Wildman–Crippen MR) is 136 cm³/mol. The van der Waals surface area contributed by atoms with Crippen molar-refractivity contribution in [3.63, 3.8) is 0 Å². The lowest BCUT2D eigenvalue weighted by atomic mass is 9.80. The summed E-state index contributed by atoms with van der Waals surface area (Å²) in [6, 6.07) is 27.3. The highest BCUT2D eigenvalue weighted by Crippen LogP contribution is 2.42. The molecule has 0 radical (unpaired) electrons. The molecule has 36 heavy (non-hydrogen) atoms. The Kier molecular flexibility index (Phi) is 7.79. The summed E-state index contributed by atoms with van der Waals surface area (Å²) in [6.45, 7) is 3.31. The minimum Gasteiger partial charge on any atom is -0.497 e. The van der Waals surface area contributed by atoms with Gasteiger partial charge in [0.25, 0.3) is 0 Å². The summed E-state index contributed by atoms with van der Waals surface area (Å²) in [4.78, 5) is 0. The molecule has 188 valence electrons. The van der Waals surface area contributed by atoms with Gasteiger partial charge in [0.05, 0.1) is 13.7 Å². The van der Waals surface area contributed by atoms with Crippen LogP contribution in [0.3, 0.4) is 0 Å². The molecule has 6 nitrogen and oxygen atoms in total. The number of aliphatic hydroxyl groups excluding tert-OH is 2. The molecule has 0 saturated carbocycles. The highest BCUT2D eigenvalue weighted by Gasteiger charge is 2.48. The minimum absolute atomic E-state index is 0.117. The Morgan fingerprint density at radius 3 is 1.86 bits per heavy atom. The molecule has 0 aliphatic carbocycles. The van der Waals surface area contributed by atoms with Crippen LogP contribution in [-0.2, 0) is 19.8 Å². The molecule has 0 aromatic heterocycles. The fourth-order valence-corrected chi connectivity index (χ4v) is 4.68. The van der Waals surface area contributed by atoms with E-state index in [4.69, 9.17) is 25.4 Å². The van der Waals surface area contributed by atoms with Crippen LogP contribution in [-0.4, -0.2) is 54.1 Å². The Bertz CT molecular complexity index is 1110. The van der Waals surface area contributed by atoms with Gasteiger partial charge in [-0.05, 0) is 42.7 Å². The van der Waals surface area contributed by atoms with Gasteiger partial charge in [-0.25, -0.2) is 0 Å². The van der Waals surface area contributed by atoms with Gasteiger partial charge in [0.1, 0.15) is 35.8 Å². The van der Waals surface area contributed by atoms with Gasteiger partial charge >= 0.3 is 0 Å². The van der Waals surface area contributed by atoms with Gasteiger partial charge in [-0.2, -0.15) is 0 Å². The molecular formula is C30H32O6. The van der Waals surface area contributed by atoms with Crippen molar-refractivity contribution in [2.45, 2.75) is 49.7 Å². The summed E-state index contributed by atoms with van der Waals surface area (Å²) >= 11 is 0. The van der Waals surface area contributed by atoms with E-state index in [1.165, 1.54) is 0 Å². The SMILES string of the molecule is C#CC(O)[C@@H]1OC(C)(C)O[C@@H]1[C@H](O)COC(c1ccccc1)(c1ccccc1)c1ccc(OC)cc1. The number of hydrogen-bond acceptors (Lipinski definition) is 6. The number of hydrogen-bond donors (Lipinski definition) is 2. The van der Waals surface area contributed by atoms with E-state index < -0.39 is 35.8 Å². The lowest BCUT2D eigenvalue weighted by Crippen LogP contribution is -2.45. The number of benzene rings is 3. The topological polar surface area (TPSA) is 77.4 Å². The van der Waals surface area contributed by atoms with E-state index in [1.54, 1.807) is 21.0 Å². The van der Waals surface area contributed by atoms with Gasteiger partial charge in [0.2, 0.25) is 0 Å². The van der Waals surface area contributed by atoms with Crippen molar-refractivity contribution in [3.8, 4) is 18.1 Å². The molecule has 0 bridgehead atoms. The first-order valence-electron chi connectivity index (χ1n) is 11.9. The second-order valence-electron chi connectivity index (χ2n) is 9.20. The van der Waals surface area contributed by atoms with E-state index in [1.807, 2.05) is 84.9 Å². The molecule has 2 N–H and O–H groups in total. The number of ether oxygens (including phenoxy) is 4. The third kappa shape index (κ3) is 5.17. The third-order valence-electron chi connectivity index (χ3n) is 6.35. The Labute approximate surface area is 212 Å². The van der Waals surface area contributed by atoms with Gasteiger partial charge < -0.3 is 29.2 Å². The summed E-state index contributed by atoms with van der Waals surface area (Å²) in [5.41, 5.74) is 1.58. The van der Waals surface area contributed by atoms with Crippen molar-refractivity contribution in [1.29, 1.82) is 0 Å². The molecule has 0 amide bonds. The smallest absolute Gasteiger partial charge is 0.164 e. The molecule has 1 aliphatic heterocycles. The summed E-state index contributed by atoms with van der Waals surface area (Å²) in [7, 11) is 1.62. The van der Waals surface area contributed by atoms with Crippen LogP contribution < -0.4 is 4.74 Å². The largest absolute Gasteiger partial charge is 0.497 e. The molecule has 3 aromatic carbocycles. The first kappa shape index (κ1) is 25.9. The van der Waals surface area contributed by atoms with Crippen molar-refractivity contribution in [2.24, 2.45) is 0 Å². The summed E-state index contributed by atoms with van der Waals surface area (Å²) in [5, 5.41) is 21.6. The van der Waals surface area contributed by atoms with Crippen molar-refractivity contribution in [1.82, 2.24) is 0 Å². The number of aliphatic hydroxyl groups is 2. The van der Waals surface area contributed by atoms with E-state index >= 15 is 0 Å². The maximum Gasteiger partial charge on any atom is 0.164 e. The van der Waals surface area contributed by atoms with Crippen LogP contribution in [0.4, 0.5) is 0 Å². The molecule has 1 unspecified atom stereocenters. The van der Waals surface area contributed by atoms with Crippen LogP contribution in [0.2, 0.25) is 0 Å². The zero-order chi connectivity index (χ0) is 25.8. The maximum atomic E-state index is 11.3. The van der Waals surface area contributed by atoms with Gasteiger partial charge in [-0.1, -0.05) is 78.7 Å². The molecule has 1 aliphatic rings. The highest BCUT2D eigenvalue weighted by molar-refractivity contribution is 5.48. The quantitative estimate of drug-likeness (QED) is 0.352. The van der Waals surface area contributed by atoms with Crippen molar-refractivity contribution in [3.05, 3.63) is 102 Å². The monoisotopic (exact) mass is 488 g/mol. The maximum absolute atomic E-state index is 11.3. The van der Waals surface area contributed by atoms with Crippen LogP contribution in [0.1, 0.15) is 30.5 Å². The molecule has 4 rings (SSSR count). The molecule has 6 heteroatoms. The Hall–Kier alpha value is -3.18. The molecule has 1 heterocycles. The van der Waals surface area contributed by atoms with E-state index in [-0.39, 0.29) is 6.61 Å². The van der Waals surface area contributed by atoms with E-state index in [0.717, 1.165) is 22.4 Å². The van der Waals surface area contributed by atoms with Crippen molar-refractivity contribution in [2.75, 3.05) is 13.7 Å². The molecule has 4 atom stereocenters. The molecular weight excluding hydrogens is 456 g/mol. The average molecular weight is 489 g/mol. The summed E-state index contributed by atoms with van der Waals surface area (Å²) < 4.78 is 23.8. The standard InChI is InChI=1S/C30H32O6/c1-5-25(31)27-28(36-29(2,3)35-27)26(32)20-34-30(21-12-8-6-9-13-21,22-14-10-7-11-15-22)23-16-18-24(33-4)19-17-23/h1,6-19,25-28,31-32H,20H2,2-4H3/t25?,26-,27+,28-/m1/s1. The van der Waals surface area contributed by atoms with Crippen LogP contribution >= 0.6 is 0 Å². The Morgan fingerprint density at radius 1 is 0.861 bits per heavy atom. The predicted octanol–water partition coefficient (Wildman–Crippen LogP) is 3.88. The molecule has 3 aromatic rings. The Balaban J connectivity index is 1.75. The van der Waals surface area contributed by atoms with Crippen LogP contribution in [0, 0.1) is 12.3 Å². The van der Waals surface area contributed by atoms with Crippen molar-refractivity contribution >= 4 is 0 Å². The van der Waals surface area contributed by atoms with Crippen LogP contribution in [0.5, 0.6) is 5.75 Å². The number of terminal acetylenes is 1. The lowest BCUT2D eigenvalue weighted by molar-refractivity contribution is -0.163. The van der Waals surface area contributed by atoms with E-state index in [2.05, 4.69) is 5.92 Å². The fraction of sp³-hybridized carbons (Fsp3) is 0.333. The highest BCUT2D eigenvalue weighted by atomic mass is 16.8. The average Bonchev–Trinajstić information content (AvgIpc) is 3.25. The summed E-state index contributed by atoms with van der Waals surface area (Å²) in [5.74, 6) is 1.98. The Morgan fingerprint density at radius 2 is 1.36 bits per heavy atom. The van der Waals surface area contributed by atoms with E-state index in [9.17, 15) is 10.2 Å². The molecule has 0 spiro atoms. The zero-order valence-electron chi connectivity index (χ0n) is 20.7. The van der Waals surface area contributed by atoms with Crippen LogP contribution in [0.25, 0.3) is 0 Å². The van der Waals surface area contributed by atoms with Gasteiger partial charge in [-0.15, -0.1) is 6.42 Å². The summed E-state index contributed by atoms with van der Waals surface area (Å²) in [6.07, 6.45) is 1.29. The normalized spacial score (nSPS) is 20.9.